The fourth-order valence-corrected chi connectivity index (χ4v) is 5.60. The van der Waals surface area contributed by atoms with Crippen LogP contribution in [0.25, 0.3) is 0 Å². The molecule has 0 saturated heterocycles. The molecular formula is C29H63N4+. The Morgan fingerprint density at radius 2 is 0.879 bits per heavy atom. The zero-order chi connectivity index (χ0) is 25.1. The molecule has 0 aromatic rings. The third-order valence-corrected chi connectivity index (χ3v) is 6.54. The second-order valence-corrected chi connectivity index (χ2v) is 9.83. The third kappa shape index (κ3) is 11.1. The fraction of sp³-hybridized carbons (Fsp3) is 0.966. The first-order valence-electron chi connectivity index (χ1n) is 14.9. The molecule has 1 unspecified atom stereocenters. The minimum Gasteiger partial charge on any atom is -0.287 e. The van der Waals surface area contributed by atoms with Crippen LogP contribution in [0.2, 0.25) is 0 Å². The van der Waals surface area contributed by atoms with Gasteiger partial charge in [-0.15, -0.1) is 0 Å². The van der Waals surface area contributed by atoms with Crippen LogP contribution in [0.3, 0.4) is 0 Å². The van der Waals surface area contributed by atoms with Gasteiger partial charge in [0.1, 0.15) is 0 Å². The zero-order valence-corrected chi connectivity index (χ0v) is 24.5. The van der Waals surface area contributed by atoms with Crippen molar-refractivity contribution in [3.63, 3.8) is 0 Å². The van der Waals surface area contributed by atoms with Crippen molar-refractivity contribution < 1.29 is 4.58 Å². The van der Waals surface area contributed by atoms with Crippen molar-refractivity contribution in [3.8, 4) is 0 Å². The van der Waals surface area contributed by atoms with E-state index in [9.17, 15) is 0 Å². The monoisotopic (exact) mass is 468 g/mol. The Balaban J connectivity index is 6.89. The van der Waals surface area contributed by atoms with Crippen LogP contribution in [0.15, 0.2) is 0 Å². The van der Waals surface area contributed by atoms with Gasteiger partial charge in [-0.3, -0.25) is 19.3 Å². The Morgan fingerprint density at radius 1 is 0.515 bits per heavy atom. The predicted octanol–water partition coefficient (Wildman–Crippen LogP) is 6.94. The third-order valence-electron chi connectivity index (χ3n) is 6.54. The fourth-order valence-electron chi connectivity index (χ4n) is 5.60. The molecule has 0 heterocycles. The Hall–Kier alpha value is -0.610. The van der Waals surface area contributed by atoms with Gasteiger partial charge in [0.05, 0.1) is 38.3 Å². The van der Waals surface area contributed by atoms with E-state index in [-0.39, 0.29) is 0 Å². The quantitative estimate of drug-likeness (QED) is 0.0785. The number of nitrogens with zero attached hydrogens (tertiary/aromatic N) is 4. The highest BCUT2D eigenvalue weighted by Gasteiger charge is 2.40. The van der Waals surface area contributed by atoms with Crippen molar-refractivity contribution in [2.45, 2.75) is 126 Å². The molecule has 0 amide bonds. The van der Waals surface area contributed by atoms with Gasteiger partial charge in [0.25, 0.3) is 5.84 Å². The van der Waals surface area contributed by atoms with Gasteiger partial charge in [-0.1, -0.05) is 62.3 Å². The molecule has 0 bridgehead atoms. The molecule has 0 spiro atoms. The minimum atomic E-state index is 0.497. The lowest BCUT2D eigenvalue weighted by Gasteiger charge is -2.44. The van der Waals surface area contributed by atoms with Crippen LogP contribution in [-0.4, -0.2) is 83.6 Å². The van der Waals surface area contributed by atoms with Gasteiger partial charge in [-0.2, -0.15) is 0 Å². The first-order chi connectivity index (χ1) is 16.0. The summed E-state index contributed by atoms with van der Waals surface area (Å²) < 4.78 is 2.79. The number of hydrogen-bond acceptors (Lipinski definition) is 2. The molecule has 0 rings (SSSR count). The normalized spacial score (nSPS) is 12.7. The van der Waals surface area contributed by atoms with Crippen LogP contribution < -0.4 is 0 Å². The van der Waals surface area contributed by atoms with Gasteiger partial charge in [0.15, 0.2) is 0 Å². The Bertz CT molecular complexity index is 434. The SMILES string of the molecule is CCCN(CCC)C(C(CC)C(N(CCC)CCC)N(CCC)CCC)=[N+](CCC)CCC. The highest BCUT2D eigenvalue weighted by atomic mass is 15.4. The van der Waals surface area contributed by atoms with Crippen molar-refractivity contribution in [3.05, 3.63) is 0 Å². The Labute approximate surface area is 209 Å². The summed E-state index contributed by atoms with van der Waals surface area (Å²) in [5.74, 6) is 2.21. The molecule has 4 nitrogen and oxygen atoms in total. The van der Waals surface area contributed by atoms with E-state index in [0.717, 1.165) is 0 Å². The van der Waals surface area contributed by atoms with E-state index < -0.39 is 0 Å². The standard InChI is InChI=1S/C29H63N4/c1-10-19-30(20-11-2)28(31(21-12-3)22-13-4)27(18-9)29(32(23-14-5)24-15-6)33(25-16-7)26-17-8/h27-28H,10-26H2,1-9H3/q+1. The second kappa shape index (κ2) is 20.7. The smallest absolute Gasteiger partial charge is 0.252 e. The molecule has 0 aliphatic rings. The van der Waals surface area contributed by atoms with Gasteiger partial charge >= 0.3 is 0 Å². The van der Waals surface area contributed by atoms with Crippen molar-refractivity contribution in [1.82, 2.24) is 14.7 Å². The Kier molecular flexibility index (Phi) is 20.4. The zero-order valence-electron chi connectivity index (χ0n) is 24.5. The summed E-state index contributed by atoms with van der Waals surface area (Å²) in [6.07, 6.45) is 11.5. The molecule has 0 N–H and O–H groups in total. The highest BCUT2D eigenvalue weighted by molar-refractivity contribution is 5.81. The summed E-state index contributed by atoms with van der Waals surface area (Å²) in [4.78, 5) is 8.50. The lowest BCUT2D eigenvalue weighted by Crippen LogP contribution is -2.59. The maximum absolute atomic E-state index is 2.85. The minimum absolute atomic E-state index is 0.497. The molecule has 198 valence electrons. The second-order valence-electron chi connectivity index (χ2n) is 9.83. The molecule has 0 aromatic carbocycles. The van der Waals surface area contributed by atoms with E-state index >= 15 is 0 Å². The molecule has 0 aliphatic carbocycles. The van der Waals surface area contributed by atoms with E-state index in [1.807, 2.05) is 0 Å². The first-order valence-corrected chi connectivity index (χ1v) is 14.9. The molecule has 4 heteroatoms. The molecule has 0 radical (unpaired) electrons. The van der Waals surface area contributed by atoms with Crippen LogP contribution >= 0.6 is 0 Å². The van der Waals surface area contributed by atoms with Crippen LogP contribution in [-0.2, 0) is 0 Å². The van der Waals surface area contributed by atoms with Gasteiger partial charge < -0.3 is 0 Å². The molecule has 1 atom stereocenters. The average Bonchev–Trinajstić information content (AvgIpc) is 2.79. The largest absolute Gasteiger partial charge is 0.287 e. The Morgan fingerprint density at radius 3 is 1.15 bits per heavy atom. The molecule has 33 heavy (non-hydrogen) atoms. The molecule has 0 fully saturated rings. The van der Waals surface area contributed by atoms with Crippen molar-refractivity contribution >= 4 is 5.84 Å². The van der Waals surface area contributed by atoms with Crippen molar-refractivity contribution in [2.24, 2.45) is 5.92 Å². The van der Waals surface area contributed by atoms with Gasteiger partial charge in [-0.25, -0.2) is 0 Å². The van der Waals surface area contributed by atoms with E-state index in [1.165, 1.54) is 110 Å². The number of hydrogen-bond donors (Lipinski definition) is 0. The van der Waals surface area contributed by atoms with Gasteiger partial charge in [0.2, 0.25) is 0 Å². The molecule has 0 saturated carbocycles. The van der Waals surface area contributed by atoms with Crippen LogP contribution in [0.4, 0.5) is 0 Å². The number of rotatable bonds is 21. The maximum atomic E-state index is 2.85. The van der Waals surface area contributed by atoms with Gasteiger partial charge in [-0.05, 0) is 84.0 Å². The van der Waals surface area contributed by atoms with Crippen LogP contribution in [0.5, 0.6) is 0 Å². The average molecular weight is 468 g/mol. The van der Waals surface area contributed by atoms with Crippen LogP contribution in [0, 0.1) is 5.92 Å². The molecular weight excluding hydrogens is 404 g/mol. The van der Waals surface area contributed by atoms with E-state index in [4.69, 9.17) is 0 Å². The summed E-state index contributed by atoms with van der Waals surface area (Å²) in [6, 6.07) is 0. The first kappa shape index (κ1) is 32.4. The summed E-state index contributed by atoms with van der Waals surface area (Å²) in [6.45, 7) is 30.8. The summed E-state index contributed by atoms with van der Waals surface area (Å²) in [7, 11) is 0. The molecule has 0 aliphatic heterocycles. The summed E-state index contributed by atoms with van der Waals surface area (Å²) in [5, 5.41) is 0. The topological polar surface area (TPSA) is 12.7 Å². The molecule has 0 aromatic heterocycles. The van der Waals surface area contributed by atoms with Crippen molar-refractivity contribution in [2.75, 3.05) is 52.4 Å². The van der Waals surface area contributed by atoms with Gasteiger partial charge in [0, 0.05) is 0 Å². The van der Waals surface area contributed by atoms with E-state index in [2.05, 4.69) is 81.6 Å². The van der Waals surface area contributed by atoms with E-state index in [0.29, 0.717) is 12.1 Å². The maximum Gasteiger partial charge on any atom is 0.252 e. The van der Waals surface area contributed by atoms with Crippen molar-refractivity contribution in [1.29, 1.82) is 0 Å². The predicted molar refractivity (Wildman–Crippen MR) is 150 cm³/mol. The van der Waals surface area contributed by atoms with E-state index in [1.54, 1.807) is 5.84 Å². The number of amidine groups is 1. The summed E-state index contributed by atoms with van der Waals surface area (Å²) >= 11 is 0. The van der Waals surface area contributed by atoms with Crippen LogP contribution in [0.1, 0.15) is 120 Å². The lowest BCUT2D eigenvalue weighted by molar-refractivity contribution is -0.535. The lowest BCUT2D eigenvalue weighted by atomic mass is 9.95. The summed E-state index contributed by atoms with van der Waals surface area (Å²) in [5.41, 5.74) is 0. The highest BCUT2D eigenvalue weighted by Crippen LogP contribution is 2.25.